The largest absolute Gasteiger partial charge is 0.338 e. The number of hydrogen-bond acceptors (Lipinski definition) is 4. The number of Topliss-reactive ketones (excluding diaryl/α,β-unsaturated/α-hetero) is 1. The van der Waals surface area contributed by atoms with Gasteiger partial charge in [-0.3, -0.25) is 14.5 Å². The molecule has 7 heteroatoms. The highest BCUT2D eigenvalue weighted by Gasteiger charge is 2.34. The highest BCUT2D eigenvalue weighted by molar-refractivity contribution is 5.95. The van der Waals surface area contributed by atoms with E-state index in [1.807, 2.05) is 48.6 Å². The lowest BCUT2D eigenvalue weighted by atomic mass is 9.88. The average molecular weight is 517 g/mol. The molecule has 2 fully saturated rings. The molecule has 3 aromatic rings. The van der Waals surface area contributed by atoms with Crippen molar-refractivity contribution in [2.45, 2.75) is 51.9 Å². The number of piperidine rings is 1. The number of aromatic nitrogens is 2. The number of hydrogen-bond donors (Lipinski definition) is 0. The number of likely N-dealkylation sites (tertiary alicyclic amines) is 2. The lowest BCUT2D eigenvalue weighted by Gasteiger charge is -2.33. The third-order valence-corrected chi connectivity index (χ3v) is 8.03. The van der Waals surface area contributed by atoms with Crippen molar-refractivity contribution in [2.75, 3.05) is 32.7 Å². The van der Waals surface area contributed by atoms with Crippen molar-refractivity contribution < 1.29 is 14.0 Å². The van der Waals surface area contributed by atoms with Crippen LogP contribution in [0.15, 0.2) is 60.8 Å². The molecule has 0 saturated carbocycles. The Morgan fingerprint density at radius 2 is 1.58 bits per heavy atom. The maximum absolute atomic E-state index is 13.9. The van der Waals surface area contributed by atoms with Crippen LogP contribution in [0.1, 0.15) is 73.5 Å². The molecule has 1 unspecified atom stereocenters. The van der Waals surface area contributed by atoms with E-state index in [0.29, 0.717) is 31.1 Å². The maximum Gasteiger partial charge on any atom is 0.257 e. The van der Waals surface area contributed by atoms with Crippen LogP contribution in [-0.4, -0.2) is 64.0 Å². The lowest BCUT2D eigenvalue weighted by molar-refractivity contribution is -0.127. The third-order valence-electron chi connectivity index (χ3n) is 8.03. The summed E-state index contributed by atoms with van der Waals surface area (Å²) in [5.41, 5.74) is 3.18. The molecule has 0 bridgehead atoms. The number of benzene rings is 2. The van der Waals surface area contributed by atoms with Crippen LogP contribution in [0.5, 0.6) is 0 Å². The van der Waals surface area contributed by atoms with Crippen molar-refractivity contribution in [1.29, 1.82) is 0 Å². The van der Waals surface area contributed by atoms with E-state index >= 15 is 0 Å². The van der Waals surface area contributed by atoms with Crippen molar-refractivity contribution >= 4 is 11.7 Å². The Morgan fingerprint density at radius 3 is 2.24 bits per heavy atom. The van der Waals surface area contributed by atoms with Crippen LogP contribution < -0.4 is 0 Å². The van der Waals surface area contributed by atoms with Crippen LogP contribution in [0.4, 0.5) is 4.39 Å². The van der Waals surface area contributed by atoms with Crippen molar-refractivity contribution in [3.8, 4) is 5.69 Å². The van der Waals surface area contributed by atoms with Crippen LogP contribution >= 0.6 is 0 Å². The number of carbonyl (C=O) groups excluding carboxylic acids is 2. The van der Waals surface area contributed by atoms with Gasteiger partial charge in [0.25, 0.3) is 5.91 Å². The van der Waals surface area contributed by atoms with E-state index < -0.39 is 0 Å². The Kier molecular flexibility index (Phi) is 7.48. The third kappa shape index (κ3) is 5.58. The Labute approximate surface area is 224 Å². The van der Waals surface area contributed by atoms with Crippen molar-refractivity contribution in [1.82, 2.24) is 19.6 Å². The van der Waals surface area contributed by atoms with Crippen molar-refractivity contribution in [3.63, 3.8) is 0 Å². The quantitative estimate of drug-likeness (QED) is 0.438. The van der Waals surface area contributed by atoms with Gasteiger partial charge in [0.2, 0.25) is 0 Å². The second-order valence-electron chi connectivity index (χ2n) is 11.7. The average Bonchev–Trinajstić information content (AvgIpc) is 3.58. The van der Waals surface area contributed by atoms with Crippen LogP contribution in [-0.2, 0) is 4.79 Å². The van der Waals surface area contributed by atoms with E-state index in [2.05, 4.69) is 22.1 Å². The predicted molar refractivity (Wildman–Crippen MR) is 146 cm³/mol. The fourth-order valence-electron chi connectivity index (χ4n) is 5.62. The Bertz CT molecular complexity index is 1270. The van der Waals surface area contributed by atoms with Gasteiger partial charge in [0.15, 0.2) is 5.78 Å². The Balaban J connectivity index is 1.38. The number of carbonyl (C=O) groups is 2. The van der Waals surface area contributed by atoms with Gasteiger partial charge >= 0.3 is 0 Å². The zero-order valence-electron chi connectivity index (χ0n) is 22.6. The first-order valence-electron chi connectivity index (χ1n) is 13.6. The second kappa shape index (κ2) is 10.8. The van der Waals surface area contributed by atoms with Gasteiger partial charge in [-0.05, 0) is 62.2 Å². The maximum atomic E-state index is 13.9. The molecular weight excluding hydrogens is 479 g/mol. The fourth-order valence-corrected chi connectivity index (χ4v) is 5.62. The summed E-state index contributed by atoms with van der Waals surface area (Å²) in [4.78, 5) is 30.6. The standard InChI is InChI=1S/C31H37FN4O2/c1-31(2,3)28(37)21-34-16-13-23(14-17-34)29-27(19-33-36(29)26-11-9-25(32)10-12-26)30(38)35-18-15-24(20-35)22-7-5-4-6-8-22/h4-12,19,23-24H,13-18,20-21H2,1-3H3. The van der Waals surface area contributed by atoms with Gasteiger partial charge < -0.3 is 4.90 Å². The van der Waals surface area contributed by atoms with Crippen LogP contribution in [0.25, 0.3) is 5.69 Å². The Morgan fingerprint density at radius 1 is 0.921 bits per heavy atom. The monoisotopic (exact) mass is 516 g/mol. The normalized spacial score (nSPS) is 19.2. The van der Waals surface area contributed by atoms with E-state index in [1.165, 1.54) is 17.7 Å². The Hall–Kier alpha value is -3.32. The summed E-state index contributed by atoms with van der Waals surface area (Å²) in [6, 6.07) is 16.6. The van der Waals surface area contributed by atoms with Crippen molar-refractivity contribution in [2.24, 2.45) is 5.41 Å². The first kappa shape index (κ1) is 26.3. The SMILES string of the molecule is CC(C)(C)C(=O)CN1CCC(c2c(C(=O)N3CCC(c4ccccc4)C3)cnn2-c2ccc(F)cc2)CC1. The number of halogens is 1. The number of amides is 1. The highest BCUT2D eigenvalue weighted by Crippen LogP contribution is 2.35. The molecule has 3 heterocycles. The molecule has 38 heavy (non-hydrogen) atoms. The predicted octanol–water partition coefficient (Wildman–Crippen LogP) is 5.44. The molecular formula is C31H37FN4O2. The van der Waals surface area contributed by atoms with E-state index in [9.17, 15) is 14.0 Å². The molecule has 0 aliphatic carbocycles. The first-order chi connectivity index (χ1) is 18.2. The van der Waals surface area contributed by atoms with Crippen LogP contribution in [0.3, 0.4) is 0 Å². The fraction of sp³-hybridized carbons (Fsp3) is 0.452. The summed E-state index contributed by atoms with van der Waals surface area (Å²) in [6.07, 6.45) is 4.29. The van der Waals surface area contributed by atoms with Gasteiger partial charge in [-0.25, -0.2) is 9.07 Å². The number of ketones is 1. The molecule has 2 aromatic carbocycles. The lowest BCUT2D eigenvalue weighted by Crippen LogP contribution is -2.40. The molecule has 0 N–H and O–H groups in total. The molecule has 2 saturated heterocycles. The first-order valence-corrected chi connectivity index (χ1v) is 13.6. The van der Waals surface area contributed by atoms with Crippen LogP contribution in [0, 0.1) is 11.2 Å². The summed E-state index contributed by atoms with van der Waals surface area (Å²) >= 11 is 0. The van der Waals surface area contributed by atoms with Gasteiger partial charge in [0.05, 0.1) is 29.7 Å². The smallest absolute Gasteiger partial charge is 0.257 e. The van der Waals surface area contributed by atoms with E-state index in [-0.39, 0.29) is 28.8 Å². The van der Waals surface area contributed by atoms with Crippen molar-refractivity contribution in [3.05, 3.63) is 83.4 Å². The molecule has 200 valence electrons. The van der Waals surface area contributed by atoms with Gasteiger partial charge in [0, 0.05) is 30.3 Å². The minimum Gasteiger partial charge on any atom is -0.338 e. The van der Waals surface area contributed by atoms with E-state index in [4.69, 9.17) is 0 Å². The summed E-state index contributed by atoms with van der Waals surface area (Å²) in [5.74, 6) is 0.399. The minimum absolute atomic E-state index is 0.0112. The molecule has 0 radical (unpaired) electrons. The van der Waals surface area contributed by atoms with Gasteiger partial charge in [-0.1, -0.05) is 51.1 Å². The molecule has 1 amide bonds. The summed E-state index contributed by atoms with van der Waals surface area (Å²) in [6.45, 7) is 9.31. The number of rotatable bonds is 6. The molecule has 6 nitrogen and oxygen atoms in total. The van der Waals surface area contributed by atoms with Gasteiger partial charge in [0.1, 0.15) is 5.82 Å². The molecule has 5 rings (SSSR count). The topological polar surface area (TPSA) is 58.4 Å². The molecule has 1 aromatic heterocycles. The zero-order chi connectivity index (χ0) is 26.9. The zero-order valence-corrected chi connectivity index (χ0v) is 22.6. The van der Waals surface area contributed by atoms with E-state index in [1.54, 1.807) is 18.3 Å². The van der Waals surface area contributed by atoms with Gasteiger partial charge in [-0.15, -0.1) is 0 Å². The number of nitrogens with zero attached hydrogens (tertiary/aromatic N) is 4. The summed E-state index contributed by atoms with van der Waals surface area (Å²) in [7, 11) is 0. The molecule has 2 aliphatic heterocycles. The van der Waals surface area contributed by atoms with Crippen LogP contribution in [0.2, 0.25) is 0 Å². The summed E-state index contributed by atoms with van der Waals surface area (Å²) < 4.78 is 15.5. The van der Waals surface area contributed by atoms with Gasteiger partial charge in [-0.2, -0.15) is 5.10 Å². The minimum atomic E-state index is -0.356. The molecule has 0 spiro atoms. The molecule has 1 atom stereocenters. The molecule has 2 aliphatic rings. The summed E-state index contributed by atoms with van der Waals surface area (Å²) in [5, 5.41) is 4.64. The van der Waals surface area contributed by atoms with E-state index in [0.717, 1.165) is 43.7 Å². The second-order valence-corrected chi connectivity index (χ2v) is 11.7. The highest BCUT2D eigenvalue weighted by atomic mass is 19.1.